The third-order valence-electron chi connectivity index (χ3n) is 2.71. The number of aliphatic hydroxyl groups is 1. The van der Waals surface area contributed by atoms with E-state index >= 15 is 0 Å². The van der Waals surface area contributed by atoms with Crippen molar-refractivity contribution >= 4 is 15.7 Å². The molecule has 0 spiro atoms. The van der Waals surface area contributed by atoms with Gasteiger partial charge in [-0.25, -0.2) is 17.5 Å². The topological polar surface area (TPSA) is 110 Å². The molecule has 1 aromatic carbocycles. The van der Waals surface area contributed by atoms with Gasteiger partial charge in [-0.3, -0.25) is 10.1 Å². The van der Waals surface area contributed by atoms with Gasteiger partial charge in [-0.2, -0.15) is 0 Å². The number of hydrogen-bond acceptors (Lipinski definition) is 5. The Kier molecular flexibility index (Phi) is 5.76. The summed E-state index contributed by atoms with van der Waals surface area (Å²) in [4.78, 5) is 9.26. The van der Waals surface area contributed by atoms with E-state index in [-0.39, 0.29) is 5.92 Å². The van der Waals surface area contributed by atoms with Crippen LogP contribution in [0.25, 0.3) is 0 Å². The van der Waals surface area contributed by atoms with Crippen molar-refractivity contribution in [1.29, 1.82) is 0 Å². The number of nitrogens with zero attached hydrogens (tertiary/aromatic N) is 1. The van der Waals surface area contributed by atoms with Crippen molar-refractivity contribution in [3.8, 4) is 0 Å². The smallest absolute Gasteiger partial charge is 0.292 e. The van der Waals surface area contributed by atoms with Crippen LogP contribution < -0.4 is 4.72 Å². The van der Waals surface area contributed by atoms with Gasteiger partial charge in [0.2, 0.25) is 10.0 Å². The van der Waals surface area contributed by atoms with Crippen LogP contribution >= 0.6 is 0 Å². The molecule has 0 aliphatic heterocycles. The number of sulfonamides is 1. The zero-order valence-electron chi connectivity index (χ0n) is 11.6. The van der Waals surface area contributed by atoms with Gasteiger partial charge in [0.05, 0.1) is 17.6 Å². The summed E-state index contributed by atoms with van der Waals surface area (Å²) in [5.41, 5.74) is -0.844. The first-order valence-electron chi connectivity index (χ1n) is 6.24. The van der Waals surface area contributed by atoms with Gasteiger partial charge in [-0.1, -0.05) is 13.8 Å². The Balaban J connectivity index is 3.16. The minimum Gasteiger partial charge on any atom is -0.395 e. The Hall–Kier alpha value is -1.58. The number of halogens is 1. The summed E-state index contributed by atoms with van der Waals surface area (Å²) in [5, 5.41) is 20.0. The maximum atomic E-state index is 13.0. The lowest BCUT2D eigenvalue weighted by Gasteiger charge is -2.18. The molecule has 0 aromatic heterocycles. The zero-order chi connectivity index (χ0) is 16.2. The molecule has 0 aliphatic carbocycles. The minimum atomic E-state index is -4.23. The highest BCUT2D eigenvalue weighted by atomic mass is 32.2. The molecule has 0 saturated heterocycles. The van der Waals surface area contributed by atoms with E-state index in [0.29, 0.717) is 12.5 Å². The van der Waals surface area contributed by atoms with Crippen molar-refractivity contribution < 1.29 is 22.8 Å². The van der Waals surface area contributed by atoms with Crippen LogP contribution in [0.3, 0.4) is 0 Å². The van der Waals surface area contributed by atoms with Gasteiger partial charge >= 0.3 is 0 Å². The highest BCUT2D eigenvalue weighted by Crippen LogP contribution is 2.25. The van der Waals surface area contributed by atoms with Gasteiger partial charge in [0.25, 0.3) is 5.69 Å². The van der Waals surface area contributed by atoms with Crippen LogP contribution in [0.15, 0.2) is 23.1 Å². The fraction of sp³-hybridized carbons (Fsp3) is 0.500. The predicted octanol–water partition coefficient (Wildman–Crippen LogP) is 1.42. The van der Waals surface area contributed by atoms with E-state index in [4.69, 9.17) is 0 Å². The van der Waals surface area contributed by atoms with Crippen molar-refractivity contribution in [2.75, 3.05) is 6.61 Å². The van der Waals surface area contributed by atoms with Gasteiger partial charge < -0.3 is 5.11 Å². The molecule has 1 atom stereocenters. The van der Waals surface area contributed by atoms with Crippen molar-refractivity contribution in [2.24, 2.45) is 5.92 Å². The van der Waals surface area contributed by atoms with E-state index < -0.39 is 44.0 Å². The standard InChI is InChI=1S/C12H17FN2O5S/c1-8(2)5-10(7-16)14-21(19,20)12-4-3-9(13)6-11(12)15(17)18/h3-4,6,8,10,14,16H,5,7H2,1-2H3. The summed E-state index contributed by atoms with van der Waals surface area (Å²) in [6.07, 6.45) is 0.366. The molecule has 0 amide bonds. The molecule has 7 nitrogen and oxygen atoms in total. The highest BCUT2D eigenvalue weighted by molar-refractivity contribution is 7.89. The molecule has 2 N–H and O–H groups in total. The van der Waals surface area contributed by atoms with Gasteiger partial charge in [0, 0.05) is 6.04 Å². The Bertz CT molecular complexity index is 618. The molecular formula is C12H17FN2O5S. The molecule has 0 fully saturated rings. The molecule has 118 valence electrons. The molecule has 0 saturated carbocycles. The fourth-order valence-electron chi connectivity index (χ4n) is 1.87. The lowest BCUT2D eigenvalue weighted by atomic mass is 10.1. The second-order valence-corrected chi connectivity index (χ2v) is 6.68. The lowest BCUT2D eigenvalue weighted by molar-refractivity contribution is -0.388. The summed E-state index contributed by atoms with van der Waals surface area (Å²) in [5.74, 6) is -0.783. The number of nitro benzene ring substituents is 1. The van der Waals surface area contributed by atoms with E-state index in [1.54, 1.807) is 0 Å². The van der Waals surface area contributed by atoms with Gasteiger partial charge in [-0.05, 0) is 24.5 Å². The summed E-state index contributed by atoms with van der Waals surface area (Å²) < 4.78 is 39.6. The van der Waals surface area contributed by atoms with E-state index in [2.05, 4.69) is 4.72 Å². The molecule has 1 rings (SSSR count). The quantitative estimate of drug-likeness (QED) is 0.583. The van der Waals surface area contributed by atoms with Crippen molar-refractivity contribution in [1.82, 2.24) is 4.72 Å². The first kappa shape index (κ1) is 17.5. The number of nitro groups is 1. The number of benzene rings is 1. The van der Waals surface area contributed by atoms with Crippen LogP contribution in [0.4, 0.5) is 10.1 Å². The number of aliphatic hydroxyl groups excluding tert-OH is 1. The van der Waals surface area contributed by atoms with Crippen molar-refractivity contribution in [3.63, 3.8) is 0 Å². The Labute approximate surface area is 122 Å². The molecule has 0 bridgehead atoms. The van der Waals surface area contributed by atoms with Crippen LogP contribution in [-0.2, 0) is 10.0 Å². The number of nitrogens with one attached hydrogen (secondary N) is 1. The number of rotatable bonds is 7. The molecular weight excluding hydrogens is 303 g/mol. The van der Waals surface area contributed by atoms with Crippen molar-refractivity contribution in [2.45, 2.75) is 31.2 Å². The minimum absolute atomic E-state index is 0.119. The van der Waals surface area contributed by atoms with Crippen molar-refractivity contribution in [3.05, 3.63) is 34.1 Å². The summed E-state index contributed by atoms with van der Waals surface area (Å²) in [6, 6.07) is 1.45. The SMILES string of the molecule is CC(C)CC(CO)NS(=O)(=O)c1ccc(F)cc1[N+](=O)[O-]. The average molecular weight is 320 g/mol. The summed E-state index contributed by atoms with van der Waals surface area (Å²) in [6.45, 7) is 3.25. The maximum Gasteiger partial charge on any atom is 0.292 e. The molecule has 9 heteroatoms. The van der Waals surface area contributed by atoms with E-state index in [1.807, 2.05) is 13.8 Å². The third-order valence-corrected chi connectivity index (χ3v) is 4.27. The van der Waals surface area contributed by atoms with Crippen LogP contribution in [-0.4, -0.2) is 31.1 Å². The van der Waals surface area contributed by atoms with Crippen LogP contribution in [0.2, 0.25) is 0 Å². The molecule has 0 heterocycles. The Morgan fingerprint density at radius 2 is 2.05 bits per heavy atom. The summed E-state index contributed by atoms with van der Waals surface area (Å²) >= 11 is 0. The van der Waals surface area contributed by atoms with Gasteiger partial charge in [0.15, 0.2) is 4.90 Å². The first-order valence-corrected chi connectivity index (χ1v) is 7.72. The predicted molar refractivity (Wildman–Crippen MR) is 73.7 cm³/mol. The van der Waals surface area contributed by atoms with Crippen LogP contribution in [0.5, 0.6) is 0 Å². The van der Waals surface area contributed by atoms with Crippen LogP contribution in [0.1, 0.15) is 20.3 Å². The Morgan fingerprint density at radius 1 is 1.43 bits per heavy atom. The number of hydrogen-bond donors (Lipinski definition) is 2. The second-order valence-electron chi connectivity index (χ2n) is 5.00. The average Bonchev–Trinajstić information content (AvgIpc) is 2.36. The largest absolute Gasteiger partial charge is 0.395 e. The molecule has 1 aromatic rings. The van der Waals surface area contributed by atoms with E-state index in [9.17, 15) is 28.0 Å². The first-order chi connectivity index (χ1) is 9.67. The normalized spacial score (nSPS) is 13.4. The second kappa shape index (κ2) is 6.92. The lowest BCUT2D eigenvalue weighted by Crippen LogP contribution is -2.38. The highest BCUT2D eigenvalue weighted by Gasteiger charge is 2.28. The zero-order valence-corrected chi connectivity index (χ0v) is 12.4. The van der Waals surface area contributed by atoms with E-state index in [0.717, 1.165) is 12.1 Å². The van der Waals surface area contributed by atoms with E-state index in [1.165, 1.54) is 0 Å². The summed E-state index contributed by atoms with van der Waals surface area (Å²) in [7, 11) is -4.23. The Morgan fingerprint density at radius 3 is 2.52 bits per heavy atom. The molecule has 0 aliphatic rings. The van der Waals surface area contributed by atoms with Gasteiger partial charge in [0.1, 0.15) is 5.82 Å². The molecule has 1 unspecified atom stereocenters. The maximum absolute atomic E-state index is 13.0. The fourth-order valence-corrected chi connectivity index (χ4v) is 3.26. The molecule has 0 radical (unpaired) electrons. The monoisotopic (exact) mass is 320 g/mol. The van der Waals surface area contributed by atoms with Crippen LogP contribution in [0, 0.1) is 21.8 Å². The van der Waals surface area contributed by atoms with Gasteiger partial charge in [-0.15, -0.1) is 0 Å². The molecule has 21 heavy (non-hydrogen) atoms. The third kappa shape index (κ3) is 4.73.